The highest BCUT2D eigenvalue weighted by molar-refractivity contribution is 5.82. The number of hydrogen-bond donors (Lipinski definition) is 0. The molecule has 64 valence electrons. The van der Waals surface area contributed by atoms with E-state index in [4.69, 9.17) is 5.26 Å². The molecule has 4 nitrogen and oxygen atoms in total. The van der Waals surface area contributed by atoms with E-state index in [9.17, 15) is 4.79 Å². The second kappa shape index (κ2) is 4.67. The summed E-state index contributed by atoms with van der Waals surface area (Å²) in [5.74, 6) is 0. The van der Waals surface area contributed by atoms with Gasteiger partial charge in [0.15, 0.2) is 0 Å². The molecule has 0 aliphatic rings. The molecule has 0 bridgehead atoms. The van der Waals surface area contributed by atoms with Crippen LogP contribution in [0.25, 0.3) is 0 Å². The first kappa shape index (κ1) is 8.94. The molecule has 0 N–H and O–H groups in total. The van der Waals surface area contributed by atoms with Crippen LogP contribution in [-0.2, 0) is 9.63 Å². The number of rotatable bonds is 3. The van der Waals surface area contributed by atoms with Gasteiger partial charge in [0.1, 0.15) is 0 Å². The maximum atomic E-state index is 9.75. The lowest BCUT2D eigenvalue weighted by Gasteiger charge is -1.93. The van der Waals surface area contributed by atoms with Gasteiger partial charge in [0, 0.05) is 5.56 Å². The Morgan fingerprint density at radius 2 is 2.23 bits per heavy atom. The number of benzene rings is 1. The van der Waals surface area contributed by atoms with Gasteiger partial charge in [0.25, 0.3) is 0 Å². The fourth-order valence-electron chi connectivity index (χ4n) is 0.823. The van der Waals surface area contributed by atoms with Gasteiger partial charge >= 0.3 is 6.47 Å². The molecule has 0 amide bonds. The van der Waals surface area contributed by atoms with Gasteiger partial charge in [-0.3, -0.25) is 4.79 Å². The Bertz CT molecular complexity index is 366. The summed E-state index contributed by atoms with van der Waals surface area (Å²) < 4.78 is 0. The fraction of sp³-hybridized carbons (Fsp3) is 0. The van der Waals surface area contributed by atoms with Crippen LogP contribution in [0.3, 0.4) is 0 Å². The molecule has 1 rings (SSSR count). The number of nitrogens with zero attached hydrogens (tertiary/aromatic N) is 2. The van der Waals surface area contributed by atoms with Gasteiger partial charge in [-0.1, -0.05) is 23.4 Å². The van der Waals surface area contributed by atoms with Crippen molar-refractivity contribution in [3.05, 3.63) is 35.4 Å². The maximum Gasteiger partial charge on any atom is 0.323 e. The van der Waals surface area contributed by atoms with Crippen molar-refractivity contribution in [2.45, 2.75) is 0 Å². The maximum absolute atomic E-state index is 9.75. The van der Waals surface area contributed by atoms with E-state index in [-0.39, 0.29) is 6.47 Å². The summed E-state index contributed by atoms with van der Waals surface area (Å²) in [5, 5.41) is 12.0. The van der Waals surface area contributed by atoms with Crippen LogP contribution in [0.1, 0.15) is 11.1 Å². The summed E-state index contributed by atoms with van der Waals surface area (Å²) in [7, 11) is 0. The van der Waals surface area contributed by atoms with Gasteiger partial charge in [-0.15, -0.1) is 0 Å². The fourth-order valence-corrected chi connectivity index (χ4v) is 0.823. The first-order valence-corrected chi connectivity index (χ1v) is 3.50. The highest BCUT2D eigenvalue weighted by Gasteiger charge is 1.95. The largest absolute Gasteiger partial charge is 0.323 e. The molecule has 0 aliphatic carbocycles. The van der Waals surface area contributed by atoms with Gasteiger partial charge in [-0.2, -0.15) is 5.26 Å². The van der Waals surface area contributed by atoms with Crippen LogP contribution in [0.4, 0.5) is 0 Å². The van der Waals surface area contributed by atoms with E-state index in [0.29, 0.717) is 11.1 Å². The molecule has 0 aliphatic heterocycles. The Morgan fingerprint density at radius 3 is 2.92 bits per heavy atom. The van der Waals surface area contributed by atoms with Crippen molar-refractivity contribution < 1.29 is 9.63 Å². The Kier molecular flexibility index (Phi) is 3.21. The minimum Gasteiger partial charge on any atom is -0.322 e. The third kappa shape index (κ3) is 2.42. The van der Waals surface area contributed by atoms with Crippen molar-refractivity contribution in [3.63, 3.8) is 0 Å². The molecule has 0 fully saturated rings. The number of carbonyl (C=O) groups excluding carboxylic acids is 1. The van der Waals surface area contributed by atoms with Crippen LogP contribution in [0.15, 0.2) is 29.4 Å². The van der Waals surface area contributed by atoms with E-state index in [1.165, 1.54) is 6.21 Å². The average Bonchev–Trinajstić information content (AvgIpc) is 2.19. The zero-order valence-electron chi connectivity index (χ0n) is 6.68. The highest BCUT2D eigenvalue weighted by atomic mass is 16.7. The van der Waals surface area contributed by atoms with Crippen molar-refractivity contribution in [1.82, 2.24) is 0 Å². The van der Waals surface area contributed by atoms with Crippen LogP contribution >= 0.6 is 0 Å². The first-order chi connectivity index (χ1) is 6.38. The summed E-state index contributed by atoms with van der Waals surface area (Å²) >= 11 is 0. The number of nitriles is 1. The highest BCUT2D eigenvalue weighted by Crippen LogP contribution is 2.03. The van der Waals surface area contributed by atoms with Crippen LogP contribution in [0.2, 0.25) is 0 Å². The summed E-state index contributed by atoms with van der Waals surface area (Å²) in [6.07, 6.45) is 1.31. The molecule has 0 spiro atoms. The SMILES string of the molecule is N#Cc1ccccc1/C=N/OC=O. The van der Waals surface area contributed by atoms with E-state index in [1.807, 2.05) is 6.07 Å². The van der Waals surface area contributed by atoms with Gasteiger partial charge < -0.3 is 4.84 Å². The quantitative estimate of drug-likeness (QED) is 0.298. The number of carbonyl (C=O) groups is 1. The smallest absolute Gasteiger partial charge is 0.322 e. The lowest BCUT2D eigenvalue weighted by molar-refractivity contribution is -0.128. The van der Waals surface area contributed by atoms with Crippen molar-refractivity contribution in [2.24, 2.45) is 5.16 Å². The molecule has 4 heteroatoms. The monoisotopic (exact) mass is 174 g/mol. The Morgan fingerprint density at radius 1 is 1.46 bits per heavy atom. The molecule has 0 aromatic heterocycles. The molecule has 1 aromatic rings. The summed E-state index contributed by atoms with van der Waals surface area (Å²) in [5.41, 5.74) is 1.10. The molecular weight excluding hydrogens is 168 g/mol. The molecule has 0 saturated heterocycles. The van der Waals surface area contributed by atoms with E-state index < -0.39 is 0 Å². The van der Waals surface area contributed by atoms with Crippen molar-refractivity contribution in [3.8, 4) is 6.07 Å². The minimum atomic E-state index is 0.214. The molecule has 0 saturated carbocycles. The first-order valence-electron chi connectivity index (χ1n) is 3.50. The van der Waals surface area contributed by atoms with Gasteiger partial charge in [-0.25, -0.2) is 0 Å². The predicted octanol–water partition coefficient (Wildman–Crippen LogP) is 1.07. The number of oxime groups is 1. The van der Waals surface area contributed by atoms with Gasteiger partial charge in [0.05, 0.1) is 17.8 Å². The Balaban J connectivity index is 2.88. The standard InChI is InChI=1S/C9H6N2O2/c10-5-8-3-1-2-4-9(8)6-11-13-7-12/h1-4,6-7H/b11-6+. The van der Waals surface area contributed by atoms with Crippen LogP contribution in [-0.4, -0.2) is 12.7 Å². The normalized spacial score (nSPS) is 9.46. The third-order valence-corrected chi connectivity index (χ3v) is 1.38. The Hall–Kier alpha value is -2.15. The lowest BCUT2D eigenvalue weighted by Crippen LogP contribution is -1.87. The predicted molar refractivity (Wildman–Crippen MR) is 45.9 cm³/mol. The second-order valence-electron chi connectivity index (χ2n) is 2.14. The van der Waals surface area contributed by atoms with Crippen LogP contribution in [0.5, 0.6) is 0 Å². The molecular formula is C9H6N2O2. The number of hydrogen-bond acceptors (Lipinski definition) is 4. The Labute approximate surface area is 75.0 Å². The minimum absolute atomic E-state index is 0.214. The molecule has 13 heavy (non-hydrogen) atoms. The van der Waals surface area contributed by atoms with Crippen molar-refractivity contribution in [2.75, 3.05) is 0 Å². The lowest BCUT2D eigenvalue weighted by atomic mass is 10.1. The molecule has 0 heterocycles. The van der Waals surface area contributed by atoms with E-state index in [2.05, 4.69) is 9.99 Å². The van der Waals surface area contributed by atoms with Gasteiger partial charge in [0.2, 0.25) is 0 Å². The van der Waals surface area contributed by atoms with E-state index >= 15 is 0 Å². The summed E-state index contributed by atoms with van der Waals surface area (Å²) in [4.78, 5) is 13.9. The zero-order valence-corrected chi connectivity index (χ0v) is 6.68. The van der Waals surface area contributed by atoms with Crippen molar-refractivity contribution in [1.29, 1.82) is 5.26 Å². The molecule has 1 aromatic carbocycles. The van der Waals surface area contributed by atoms with E-state index in [0.717, 1.165) is 0 Å². The van der Waals surface area contributed by atoms with E-state index in [1.54, 1.807) is 24.3 Å². The summed E-state index contributed by atoms with van der Waals surface area (Å²) in [6.45, 7) is 0.214. The van der Waals surface area contributed by atoms with Gasteiger partial charge in [-0.05, 0) is 6.07 Å². The molecule has 0 radical (unpaired) electrons. The summed E-state index contributed by atoms with van der Waals surface area (Å²) in [6, 6.07) is 8.86. The third-order valence-electron chi connectivity index (χ3n) is 1.38. The average molecular weight is 174 g/mol. The second-order valence-corrected chi connectivity index (χ2v) is 2.14. The molecule has 0 unspecified atom stereocenters. The zero-order chi connectivity index (χ0) is 9.52. The molecule has 0 atom stereocenters. The van der Waals surface area contributed by atoms with Crippen LogP contribution in [0, 0.1) is 11.3 Å². The van der Waals surface area contributed by atoms with Crippen LogP contribution < -0.4 is 0 Å². The topological polar surface area (TPSA) is 62.4 Å². The van der Waals surface area contributed by atoms with Crippen molar-refractivity contribution >= 4 is 12.7 Å².